The van der Waals surface area contributed by atoms with E-state index in [1.165, 1.54) is 18.2 Å². The number of carbonyl (C=O) groups is 1. The van der Waals surface area contributed by atoms with Gasteiger partial charge in [-0.2, -0.15) is 0 Å². The molecule has 1 fully saturated rings. The van der Waals surface area contributed by atoms with Crippen molar-refractivity contribution in [1.29, 1.82) is 0 Å². The molecule has 0 radical (unpaired) electrons. The summed E-state index contributed by atoms with van der Waals surface area (Å²) in [7, 11) is 0. The van der Waals surface area contributed by atoms with Gasteiger partial charge < -0.3 is 10.1 Å². The van der Waals surface area contributed by atoms with Gasteiger partial charge in [0.25, 0.3) is 5.69 Å². The second-order valence-electron chi connectivity index (χ2n) is 6.05. The minimum atomic E-state index is -0.588. The van der Waals surface area contributed by atoms with Gasteiger partial charge in [-0.25, -0.2) is 4.79 Å². The lowest BCUT2D eigenvalue weighted by atomic mass is 9.83. The van der Waals surface area contributed by atoms with Crippen molar-refractivity contribution in [2.24, 2.45) is 5.92 Å². The van der Waals surface area contributed by atoms with Gasteiger partial charge in [-0.3, -0.25) is 10.1 Å². The number of carbonyl (C=O) groups excluding carboxylic acids is 1. The van der Waals surface area contributed by atoms with Crippen LogP contribution < -0.4 is 5.32 Å². The minimum absolute atomic E-state index is 0.125. The van der Waals surface area contributed by atoms with Crippen molar-refractivity contribution in [2.45, 2.75) is 32.3 Å². The molecule has 22 heavy (non-hydrogen) atoms. The lowest BCUT2D eigenvalue weighted by Crippen LogP contribution is -2.86. The number of ether oxygens (including phenoxy) is 1. The Hall–Kier alpha value is -1.47. The molecule has 120 valence electrons. The summed E-state index contributed by atoms with van der Waals surface area (Å²) in [6, 6.07) is 4.09. The molecule has 1 aromatic carbocycles. The molecule has 1 saturated heterocycles. The zero-order chi connectivity index (χ0) is 16.3. The van der Waals surface area contributed by atoms with Gasteiger partial charge in [0, 0.05) is 35.4 Å². The van der Waals surface area contributed by atoms with Crippen LogP contribution in [0, 0.1) is 16.0 Å². The Morgan fingerprint density at radius 2 is 2.05 bits per heavy atom. The Labute approximate surface area is 137 Å². The van der Waals surface area contributed by atoms with E-state index in [0.717, 1.165) is 25.9 Å². The first-order valence-corrected chi connectivity index (χ1v) is 8.09. The van der Waals surface area contributed by atoms with Crippen molar-refractivity contribution in [3.63, 3.8) is 0 Å². The quantitative estimate of drug-likeness (QED) is 0.499. The van der Waals surface area contributed by atoms with Crippen LogP contribution in [0.25, 0.3) is 0 Å². The number of hydrogen-bond donors (Lipinski definition) is 1. The molecule has 7 heteroatoms. The van der Waals surface area contributed by atoms with Crippen LogP contribution in [0.5, 0.6) is 0 Å². The third kappa shape index (κ3) is 3.84. The van der Waals surface area contributed by atoms with Crippen LogP contribution in [0.15, 0.2) is 22.7 Å². The summed E-state index contributed by atoms with van der Waals surface area (Å²) in [5, 5.41) is 13.1. The number of nitrogens with zero attached hydrogens (tertiary/aromatic N) is 1. The predicted molar refractivity (Wildman–Crippen MR) is 84.7 cm³/mol. The fourth-order valence-corrected chi connectivity index (χ4v) is 3.19. The molecule has 0 bridgehead atoms. The molecule has 1 heterocycles. The molecule has 6 nitrogen and oxygen atoms in total. The van der Waals surface area contributed by atoms with Crippen LogP contribution in [0.3, 0.4) is 0 Å². The van der Waals surface area contributed by atoms with Gasteiger partial charge in [-0.15, -0.1) is 0 Å². The topological polar surface area (TPSA) is 86.0 Å². The fraction of sp³-hybridized carbons (Fsp3) is 0.533. The molecule has 0 atom stereocenters. The molecule has 0 aliphatic carbocycles. The van der Waals surface area contributed by atoms with E-state index in [1.807, 2.05) is 13.8 Å². The van der Waals surface area contributed by atoms with E-state index in [0.29, 0.717) is 10.4 Å². The van der Waals surface area contributed by atoms with Gasteiger partial charge in [0.2, 0.25) is 0 Å². The highest BCUT2D eigenvalue weighted by molar-refractivity contribution is 9.10. The standard InChI is InChI=1S/C15H19BrN2O4/c1-15(2,10-5-7-17-8-6-10)22-14(19)12-9-11(18(20)21)3-4-13(12)16/h3-4,9-10,17H,5-8H2,1-2H3/p+1. The number of piperidine rings is 1. The van der Waals surface area contributed by atoms with Crippen LogP contribution in [0.1, 0.15) is 37.0 Å². The van der Waals surface area contributed by atoms with Crippen molar-refractivity contribution in [3.8, 4) is 0 Å². The third-order valence-electron chi connectivity index (χ3n) is 4.16. The van der Waals surface area contributed by atoms with Gasteiger partial charge >= 0.3 is 5.97 Å². The number of halogens is 1. The Morgan fingerprint density at radius 3 is 2.64 bits per heavy atom. The highest BCUT2D eigenvalue weighted by Crippen LogP contribution is 2.31. The average Bonchev–Trinajstić information content (AvgIpc) is 2.47. The number of nitrogens with two attached hydrogens (primary N) is 1. The van der Waals surface area contributed by atoms with E-state index in [2.05, 4.69) is 21.2 Å². The molecule has 1 aromatic rings. The second kappa shape index (κ2) is 6.75. The summed E-state index contributed by atoms with van der Waals surface area (Å²) in [5.41, 5.74) is -0.528. The number of nitro benzene ring substituents is 1. The molecular formula is C15H20BrN2O4+. The van der Waals surface area contributed by atoms with Crippen molar-refractivity contribution >= 4 is 27.6 Å². The number of benzene rings is 1. The number of hydrogen-bond acceptors (Lipinski definition) is 4. The lowest BCUT2D eigenvalue weighted by Gasteiger charge is -2.35. The average molecular weight is 372 g/mol. The first kappa shape index (κ1) is 16.9. The second-order valence-corrected chi connectivity index (χ2v) is 6.91. The summed E-state index contributed by atoms with van der Waals surface area (Å²) in [5.74, 6) is -0.228. The maximum Gasteiger partial charge on any atom is 0.340 e. The van der Waals surface area contributed by atoms with Crippen molar-refractivity contribution in [1.82, 2.24) is 0 Å². The van der Waals surface area contributed by atoms with Crippen LogP contribution in [-0.4, -0.2) is 29.6 Å². The highest BCUT2D eigenvalue weighted by Gasteiger charge is 2.36. The zero-order valence-electron chi connectivity index (χ0n) is 12.7. The van der Waals surface area contributed by atoms with Crippen molar-refractivity contribution in [3.05, 3.63) is 38.3 Å². The number of non-ortho nitro benzene ring substituents is 1. The fourth-order valence-electron chi connectivity index (χ4n) is 2.78. The highest BCUT2D eigenvalue weighted by atomic mass is 79.9. The summed E-state index contributed by atoms with van der Waals surface area (Å²) in [6.07, 6.45) is 1.99. The summed E-state index contributed by atoms with van der Waals surface area (Å²) in [4.78, 5) is 22.7. The van der Waals surface area contributed by atoms with Crippen molar-refractivity contribution in [2.75, 3.05) is 13.1 Å². The molecule has 1 aliphatic heterocycles. The summed E-state index contributed by atoms with van der Waals surface area (Å²) >= 11 is 3.26. The summed E-state index contributed by atoms with van der Waals surface area (Å²) < 4.78 is 6.17. The van der Waals surface area contributed by atoms with Gasteiger partial charge in [-0.1, -0.05) is 0 Å². The van der Waals surface area contributed by atoms with E-state index in [9.17, 15) is 14.9 Å². The van der Waals surface area contributed by atoms with E-state index < -0.39 is 16.5 Å². The van der Waals surface area contributed by atoms with E-state index in [-0.39, 0.29) is 11.3 Å². The van der Waals surface area contributed by atoms with Crippen LogP contribution in [0.2, 0.25) is 0 Å². The SMILES string of the molecule is CC(C)(OC(=O)c1cc([N+](=O)[O-])ccc1Br)C1CC[NH2+]CC1. The molecule has 0 saturated carbocycles. The Kier molecular flexibility index (Phi) is 5.18. The van der Waals surface area contributed by atoms with Gasteiger partial charge in [0.05, 0.1) is 23.6 Å². The molecule has 0 aromatic heterocycles. The Balaban J connectivity index is 2.17. The van der Waals surface area contributed by atoms with Crippen LogP contribution >= 0.6 is 15.9 Å². The smallest absolute Gasteiger partial charge is 0.340 e. The largest absolute Gasteiger partial charge is 0.456 e. The molecule has 0 amide bonds. The normalized spacial score (nSPS) is 16.3. The third-order valence-corrected chi connectivity index (χ3v) is 4.85. The monoisotopic (exact) mass is 371 g/mol. The zero-order valence-corrected chi connectivity index (χ0v) is 14.3. The first-order chi connectivity index (χ1) is 10.3. The van der Waals surface area contributed by atoms with E-state index >= 15 is 0 Å². The molecule has 0 unspecified atom stereocenters. The maximum absolute atomic E-state index is 12.4. The minimum Gasteiger partial charge on any atom is -0.456 e. The lowest BCUT2D eigenvalue weighted by molar-refractivity contribution is -0.665. The molecular weight excluding hydrogens is 352 g/mol. The number of rotatable bonds is 4. The Bertz CT molecular complexity index is 583. The van der Waals surface area contributed by atoms with E-state index in [4.69, 9.17) is 4.74 Å². The van der Waals surface area contributed by atoms with Gasteiger partial charge in [-0.05, 0) is 35.8 Å². The van der Waals surface area contributed by atoms with Gasteiger partial charge in [0.15, 0.2) is 0 Å². The number of esters is 1. The van der Waals surface area contributed by atoms with E-state index in [1.54, 1.807) is 0 Å². The molecule has 2 rings (SSSR count). The Morgan fingerprint density at radius 1 is 1.41 bits per heavy atom. The number of nitro groups is 1. The van der Waals surface area contributed by atoms with Gasteiger partial charge in [0.1, 0.15) is 5.60 Å². The first-order valence-electron chi connectivity index (χ1n) is 7.30. The van der Waals surface area contributed by atoms with Crippen LogP contribution in [-0.2, 0) is 4.74 Å². The molecule has 0 spiro atoms. The predicted octanol–water partition coefficient (Wildman–Crippen LogP) is 2.27. The number of quaternary nitrogens is 1. The maximum atomic E-state index is 12.4. The van der Waals surface area contributed by atoms with Crippen LogP contribution in [0.4, 0.5) is 5.69 Å². The summed E-state index contributed by atoms with van der Waals surface area (Å²) in [6.45, 7) is 5.89. The molecule has 1 aliphatic rings. The van der Waals surface area contributed by atoms with Crippen molar-refractivity contribution < 1.29 is 19.8 Å². The molecule has 2 N–H and O–H groups in total.